The molecule has 0 unspecified atom stereocenters. The first kappa shape index (κ1) is 20.5. The van der Waals surface area contributed by atoms with E-state index in [1.165, 1.54) is 5.56 Å². The van der Waals surface area contributed by atoms with Gasteiger partial charge in [0.25, 0.3) is 0 Å². The molecule has 162 valence electrons. The Hall–Kier alpha value is -4.45. The summed E-state index contributed by atoms with van der Waals surface area (Å²) in [7, 11) is 0. The van der Waals surface area contributed by atoms with Crippen LogP contribution in [0.5, 0.6) is 0 Å². The van der Waals surface area contributed by atoms with Crippen LogP contribution in [0.15, 0.2) is 97.5 Å². The third kappa shape index (κ3) is 4.60. The molecule has 1 N–H and O–H groups in total. The van der Waals surface area contributed by atoms with Gasteiger partial charge in [-0.3, -0.25) is 4.79 Å². The van der Waals surface area contributed by atoms with Crippen molar-refractivity contribution in [3.05, 3.63) is 114 Å². The van der Waals surface area contributed by atoms with Gasteiger partial charge in [0.2, 0.25) is 5.91 Å². The van der Waals surface area contributed by atoms with Gasteiger partial charge in [0.05, 0.1) is 23.6 Å². The number of para-hydroxylation sites is 1. The lowest BCUT2D eigenvalue weighted by molar-refractivity contribution is -0.116. The molecule has 3 aromatic heterocycles. The van der Waals surface area contributed by atoms with Gasteiger partial charge in [-0.15, -0.1) is 0 Å². The molecule has 0 saturated carbocycles. The highest BCUT2D eigenvalue weighted by atomic mass is 16.1. The number of carbonyl (C=O) groups excluding carboxylic acids is 1. The van der Waals surface area contributed by atoms with E-state index in [-0.39, 0.29) is 5.91 Å². The topological polar surface area (TPSA) is 64.2 Å². The van der Waals surface area contributed by atoms with E-state index in [9.17, 15) is 4.79 Å². The van der Waals surface area contributed by atoms with Crippen molar-refractivity contribution in [2.45, 2.75) is 13.5 Å². The van der Waals surface area contributed by atoms with Crippen LogP contribution in [0, 0.1) is 6.92 Å². The minimum absolute atomic E-state index is 0.186. The number of hydrogen-bond donors (Lipinski definition) is 1. The van der Waals surface area contributed by atoms with E-state index in [0.717, 1.165) is 33.8 Å². The number of carbonyl (C=O) groups is 1. The van der Waals surface area contributed by atoms with Crippen LogP contribution >= 0.6 is 0 Å². The molecule has 3 heterocycles. The lowest BCUT2D eigenvalue weighted by Gasteiger charge is -2.01. The second-order valence-electron chi connectivity index (χ2n) is 7.83. The van der Waals surface area contributed by atoms with Gasteiger partial charge in [0, 0.05) is 35.8 Å². The summed E-state index contributed by atoms with van der Waals surface area (Å²) in [5.41, 5.74) is 6.49. The summed E-state index contributed by atoms with van der Waals surface area (Å²) >= 11 is 0. The van der Waals surface area contributed by atoms with Crippen LogP contribution in [-0.2, 0) is 11.3 Å². The molecule has 0 radical (unpaired) electrons. The molecule has 5 aromatic rings. The second kappa shape index (κ2) is 8.96. The SMILES string of the molecule is Cc1ccc(-c2nn(-c3ccccc3)cc2/C=C/C(=O)NCc2cn3ccccc3n2)cc1. The van der Waals surface area contributed by atoms with E-state index in [2.05, 4.69) is 29.4 Å². The highest BCUT2D eigenvalue weighted by Crippen LogP contribution is 2.25. The monoisotopic (exact) mass is 433 g/mol. The number of fused-ring (bicyclic) bond motifs is 1. The molecular weight excluding hydrogens is 410 g/mol. The van der Waals surface area contributed by atoms with Gasteiger partial charge >= 0.3 is 0 Å². The quantitative estimate of drug-likeness (QED) is 0.390. The minimum atomic E-state index is -0.186. The molecule has 0 spiro atoms. The Bertz CT molecular complexity index is 1400. The van der Waals surface area contributed by atoms with Crippen LogP contribution in [-0.4, -0.2) is 25.1 Å². The predicted molar refractivity (Wildman–Crippen MR) is 130 cm³/mol. The second-order valence-corrected chi connectivity index (χ2v) is 7.83. The Morgan fingerprint density at radius 1 is 0.970 bits per heavy atom. The van der Waals surface area contributed by atoms with Crippen molar-refractivity contribution in [2.75, 3.05) is 0 Å². The third-order valence-electron chi connectivity index (χ3n) is 5.36. The number of aryl methyl sites for hydroxylation is 1. The Kier molecular flexibility index (Phi) is 5.55. The van der Waals surface area contributed by atoms with E-state index in [4.69, 9.17) is 5.10 Å². The van der Waals surface area contributed by atoms with Gasteiger partial charge < -0.3 is 9.72 Å². The molecule has 6 heteroatoms. The number of hydrogen-bond acceptors (Lipinski definition) is 3. The number of aromatic nitrogens is 4. The lowest BCUT2D eigenvalue weighted by atomic mass is 10.1. The summed E-state index contributed by atoms with van der Waals surface area (Å²) in [4.78, 5) is 17.0. The predicted octanol–water partition coefficient (Wildman–Crippen LogP) is 4.83. The highest BCUT2D eigenvalue weighted by Gasteiger charge is 2.11. The lowest BCUT2D eigenvalue weighted by Crippen LogP contribution is -2.20. The normalized spacial score (nSPS) is 11.3. The van der Waals surface area contributed by atoms with Crippen molar-refractivity contribution in [3.63, 3.8) is 0 Å². The van der Waals surface area contributed by atoms with Gasteiger partial charge in [-0.1, -0.05) is 54.1 Å². The van der Waals surface area contributed by atoms with E-state index in [1.54, 1.807) is 12.2 Å². The van der Waals surface area contributed by atoms with Crippen LogP contribution in [0.4, 0.5) is 0 Å². The molecule has 0 atom stereocenters. The van der Waals surface area contributed by atoms with Crippen LogP contribution < -0.4 is 5.32 Å². The number of amides is 1. The zero-order valence-corrected chi connectivity index (χ0v) is 18.2. The molecule has 6 nitrogen and oxygen atoms in total. The van der Waals surface area contributed by atoms with Gasteiger partial charge in [-0.2, -0.15) is 5.10 Å². The number of nitrogens with one attached hydrogen (secondary N) is 1. The number of imidazole rings is 1. The Balaban J connectivity index is 1.37. The smallest absolute Gasteiger partial charge is 0.244 e. The first-order valence-corrected chi connectivity index (χ1v) is 10.8. The first-order valence-electron chi connectivity index (χ1n) is 10.8. The summed E-state index contributed by atoms with van der Waals surface area (Å²) in [5, 5.41) is 7.70. The van der Waals surface area contributed by atoms with Crippen LogP contribution in [0.3, 0.4) is 0 Å². The Morgan fingerprint density at radius 2 is 1.76 bits per heavy atom. The fraction of sp³-hybridized carbons (Fsp3) is 0.0741. The van der Waals surface area contributed by atoms with Crippen LogP contribution in [0.2, 0.25) is 0 Å². The third-order valence-corrected chi connectivity index (χ3v) is 5.36. The van der Waals surface area contributed by atoms with Crippen LogP contribution in [0.1, 0.15) is 16.8 Å². The van der Waals surface area contributed by atoms with E-state index in [0.29, 0.717) is 6.54 Å². The molecule has 33 heavy (non-hydrogen) atoms. The molecule has 0 bridgehead atoms. The van der Waals surface area contributed by atoms with Crippen molar-refractivity contribution in [2.24, 2.45) is 0 Å². The standard InChI is InChI=1S/C27H23N5O/c1-20-10-12-21(13-11-20)27-22(18-32(30-27)24-7-3-2-4-8-24)14-15-26(33)28-17-23-19-31-16-6-5-9-25(31)29-23/h2-16,18-19H,17H2,1H3,(H,28,33)/b15-14+. The van der Waals surface area contributed by atoms with Crippen molar-refractivity contribution in [1.29, 1.82) is 0 Å². The zero-order chi connectivity index (χ0) is 22.6. The Labute approximate surface area is 191 Å². The molecule has 0 aliphatic rings. The number of rotatable bonds is 6. The number of nitrogens with zero attached hydrogens (tertiary/aromatic N) is 4. The maximum absolute atomic E-state index is 12.5. The Morgan fingerprint density at radius 3 is 2.55 bits per heavy atom. The van der Waals surface area contributed by atoms with E-state index in [1.807, 2.05) is 88.3 Å². The summed E-state index contributed by atoms with van der Waals surface area (Å²) < 4.78 is 3.77. The van der Waals surface area contributed by atoms with E-state index < -0.39 is 0 Å². The number of benzene rings is 2. The van der Waals surface area contributed by atoms with Gasteiger partial charge in [-0.05, 0) is 37.3 Å². The summed E-state index contributed by atoms with van der Waals surface area (Å²) in [6.45, 7) is 2.42. The van der Waals surface area contributed by atoms with Crippen molar-refractivity contribution in [3.8, 4) is 16.9 Å². The van der Waals surface area contributed by atoms with E-state index >= 15 is 0 Å². The van der Waals surface area contributed by atoms with Gasteiger partial charge in [0.1, 0.15) is 5.65 Å². The maximum atomic E-state index is 12.5. The molecule has 0 fully saturated rings. The molecule has 0 aliphatic heterocycles. The van der Waals surface area contributed by atoms with Crippen molar-refractivity contribution >= 4 is 17.6 Å². The molecule has 1 amide bonds. The molecule has 5 rings (SSSR count). The van der Waals surface area contributed by atoms with Crippen LogP contribution in [0.25, 0.3) is 28.7 Å². The highest BCUT2D eigenvalue weighted by molar-refractivity contribution is 5.92. The fourth-order valence-electron chi connectivity index (χ4n) is 3.63. The zero-order valence-electron chi connectivity index (χ0n) is 18.2. The van der Waals surface area contributed by atoms with Gasteiger partial charge in [-0.25, -0.2) is 9.67 Å². The fourth-order valence-corrected chi connectivity index (χ4v) is 3.63. The molecule has 0 saturated heterocycles. The average Bonchev–Trinajstić information content (AvgIpc) is 3.46. The van der Waals surface area contributed by atoms with Crippen molar-refractivity contribution < 1.29 is 4.79 Å². The maximum Gasteiger partial charge on any atom is 0.244 e. The van der Waals surface area contributed by atoms with Gasteiger partial charge in [0.15, 0.2) is 0 Å². The summed E-state index contributed by atoms with van der Waals surface area (Å²) in [5.74, 6) is -0.186. The molecule has 0 aliphatic carbocycles. The first-order chi connectivity index (χ1) is 16.2. The molecule has 2 aromatic carbocycles. The number of pyridine rings is 1. The molecular formula is C27H23N5O. The minimum Gasteiger partial charge on any atom is -0.347 e. The summed E-state index contributed by atoms with van der Waals surface area (Å²) in [6.07, 6.45) is 9.14. The van der Waals surface area contributed by atoms with Crippen molar-refractivity contribution in [1.82, 2.24) is 24.5 Å². The largest absolute Gasteiger partial charge is 0.347 e. The average molecular weight is 434 g/mol. The summed E-state index contributed by atoms with van der Waals surface area (Å²) in [6, 6.07) is 24.0.